The number of nitro benzene ring substituents is 2. The van der Waals surface area contributed by atoms with Gasteiger partial charge in [0.05, 0.1) is 21.6 Å². The van der Waals surface area contributed by atoms with Crippen LogP contribution < -0.4 is 5.43 Å². The standard InChI is InChI=1S/C15H12N4O5/c20-15-3-1-2-10-11(15)5-7-12(10)16-17-13-6-4-9(18(21)22)8-14(13)19(23)24/h1-4,6,8,17,20H,5,7H2/b16-12-. The Morgan fingerprint density at radius 1 is 1.08 bits per heavy atom. The minimum Gasteiger partial charge on any atom is -0.508 e. The maximum atomic E-state index is 11.1. The highest BCUT2D eigenvalue weighted by Gasteiger charge is 2.22. The number of hydrogen-bond donors (Lipinski definition) is 2. The molecule has 0 atom stereocenters. The molecular formula is C15H12N4O5. The van der Waals surface area contributed by atoms with E-state index in [1.54, 1.807) is 12.1 Å². The Kier molecular flexibility index (Phi) is 3.82. The van der Waals surface area contributed by atoms with Crippen LogP contribution in [0.25, 0.3) is 0 Å². The number of aromatic hydroxyl groups is 1. The number of phenolic OH excluding ortho intramolecular Hbond substituents is 1. The van der Waals surface area contributed by atoms with E-state index < -0.39 is 15.5 Å². The fourth-order valence-corrected chi connectivity index (χ4v) is 2.61. The summed E-state index contributed by atoms with van der Waals surface area (Å²) in [5.41, 5.74) is 4.11. The summed E-state index contributed by atoms with van der Waals surface area (Å²) in [5, 5.41) is 35.8. The van der Waals surface area contributed by atoms with Crippen molar-refractivity contribution in [3.05, 3.63) is 67.8 Å². The van der Waals surface area contributed by atoms with Gasteiger partial charge in [0.2, 0.25) is 0 Å². The largest absolute Gasteiger partial charge is 0.508 e. The summed E-state index contributed by atoms with van der Waals surface area (Å²) in [5.74, 6) is 0.194. The molecule has 0 unspecified atom stereocenters. The summed E-state index contributed by atoms with van der Waals surface area (Å²) in [6, 6.07) is 8.41. The molecule has 0 saturated heterocycles. The quantitative estimate of drug-likeness (QED) is 0.655. The Morgan fingerprint density at radius 2 is 1.88 bits per heavy atom. The molecule has 3 rings (SSSR count). The van der Waals surface area contributed by atoms with E-state index in [-0.39, 0.29) is 17.1 Å². The smallest absolute Gasteiger partial charge is 0.301 e. The number of nitrogens with zero attached hydrogens (tertiary/aromatic N) is 3. The summed E-state index contributed by atoms with van der Waals surface area (Å²) in [4.78, 5) is 20.4. The molecule has 2 aromatic carbocycles. The van der Waals surface area contributed by atoms with Gasteiger partial charge in [-0.1, -0.05) is 12.1 Å². The minimum absolute atomic E-state index is 0.0618. The number of benzene rings is 2. The Balaban J connectivity index is 1.92. The number of hydrogen-bond acceptors (Lipinski definition) is 7. The van der Waals surface area contributed by atoms with Gasteiger partial charge in [-0.3, -0.25) is 25.7 Å². The average Bonchev–Trinajstić information content (AvgIpc) is 2.97. The van der Waals surface area contributed by atoms with Crippen molar-refractivity contribution in [2.24, 2.45) is 5.10 Å². The second kappa shape index (κ2) is 5.95. The lowest BCUT2D eigenvalue weighted by Crippen LogP contribution is -2.02. The van der Waals surface area contributed by atoms with Gasteiger partial charge in [0.25, 0.3) is 5.69 Å². The van der Waals surface area contributed by atoms with Crippen LogP contribution in [0, 0.1) is 20.2 Å². The van der Waals surface area contributed by atoms with Gasteiger partial charge in [-0.25, -0.2) is 0 Å². The zero-order chi connectivity index (χ0) is 17.3. The average molecular weight is 328 g/mol. The Hall–Kier alpha value is -3.49. The number of fused-ring (bicyclic) bond motifs is 1. The van der Waals surface area contributed by atoms with Crippen LogP contribution in [0.4, 0.5) is 17.1 Å². The zero-order valence-corrected chi connectivity index (χ0v) is 12.3. The van der Waals surface area contributed by atoms with Crippen molar-refractivity contribution in [2.45, 2.75) is 12.8 Å². The molecule has 9 heteroatoms. The number of anilines is 1. The Bertz CT molecular complexity index is 878. The van der Waals surface area contributed by atoms with Crippen LogP contribution in [0.3, 0.4) is 0 Å². The molecule has 0 aromatic heterocycles. The second-order valence-corrected chi connectivity index (χ2v) is 5.19. The topological polar surface area (TPSA) is 131 Å². The van der Waals surface area contributed by atoms with E-state index in [0.717, 1.165) is 17.2 Å². The fourth-order valence-electron chi connectivity index (χ4n) is 2.61. The van der Waals surface area contributed by atoms with Crippen LogP contribution in [-0.4, -0.2) is 20.7 Å². The van der Waals surface area contributed by atoms with E-state index in [9.17, 15) is 25.3 Å². The van der Waals surface area contributed by atoms with E-state index in [0.29, 0.717) is 18.6 Å². The maximum absolute atomic E-state index is 11.1. The lowest BCUT2D eigenvalue weighted by molar-refractivity contribution is -0.393. The van der Waals surface area contributed by atoms with Crippen molar-refractivity contribution in [2.75, 3.05) is 5.43 Å². The van der Waals surface area contributed by atoms with Crippen LogP contribution in [0.1, 0.15) is 17.5 Å². The predicted molar refractivity (Wildman–Crippen MR) is 86.3 cm³/mol. The van der Waals surface area contributed by atoms with E-state index in [1.807, 2.05) is 6.07 Å². The van der Waals surface area contributed by atoms with Crippen molar-refractivity contribution in [1.29, 1.82) is 0 Å². The Labute approximate surface area is 135 Å². The third-order valence-electron chi connectivity index (χ3n) is 3.77. The molecule has 0 saturated carbocycles. The van der Waals surface area contributed by atoms with Crippen molar-refractivity contribution < 1.29 is 15.0 Å². The molecule has 9 nitrogen and oxygen atoms in total. The molecule has 122 valence electrons. The van der Waals surface area contributed by atoms with Crippen LogP contribution >= 0.6 is 0 Å². The lowest BCUT2D eigenvalue weighted by atomic mass is 10.1. The first-order valence-corrected chi connectivity index (χ1v) is 7.04. The van der Waals surface area contributed by atoms with Gasteiger partial charge in [-0.15, -0.1) is 0 Å². The van der Waals surface area contributed by atoms with Gasteiger partial charge in [-0.05, 0) is 25.0 Å². The molecular weight excluding hydrogens is 316 g/mol. The van der Waals surface area contributed by atoms with Crippen LogP contribution in [0.5, 0.6) is 5.75 Å². The molecule has 0 spiro atoms. The minimum atomic E-state index is -0.704. The fraction of sp³-hybridized carbons (Fsp3) is 0.133. The number of rotatable bonds is 4. The van der Waals surface area contributed by atoms with Gasteiger partial charge in [0.1, 0.15) is 11.4 Å². The van der Waals surface area contributed by atoms with Crippen molar-refractivity contribution in [3.63, 3.8) is 0 Å². The number of hydrazone groups is 1. The first kappa shape index (κ1) is 15.4. The van der Waals surface area contributed by atoms with Gasteiger partial charge in [0, 0.05) is 17.2 Å². The van der Waals surface area contributed by atoms with Crippen molar-refractivity contribution >= 4 is 22.8 Å². The van der Waals surface area contributed by atoms with Crippen molar-refractivity contribution in [3.8, 4) is 5.75 Å². The number of nitrogens with one attached hydrogen (secondary N) is 1. The Morgan fingerprint density at radius 3 is 2.58 bits per heavy atom. The SMILES string of the molecule is O=[N+]([O-])c1ccc(N/N=C2/CCc3c(O)cccc32)c([N+](=O)[O-])c1. The number of phenols is 1. The van der Waals surface area contributed by atoms with Gasteiger partial charge in [-0.2, -0.15) is 5.10 Å². The molecule has 1 aliphatic carbocycles. The van der Waals surface area contributed by atoms with Crippen LogP contribution in [0.15, 0.2) is 41.5 Å². The van der Waals surface area contributed by atoms with Gasteiger partial charge >= 0.3 is 5.69 Å². The first-order valence-electron chi connectivity index (χ1n) is 7.04. The van der Waals surface area contributed by atoms with Crippen molar-refractivity contribution in [1.82, 2.24) is 0 Å². The van der Waals surface area contributed by atoms with E-state index in [4.69, 9.17) is 0 Å². The van der Waals surface area contributed by atoms with Crippen LogP contribution in [0.2, 0.25) is 0 Å². The highest BCUT2D eigenvalue weighted by atomic mass is 16.6. The summed E-state index contributed by atoms with van der Waals surface area (Å²) in [6.45, 7) is 0. The molecule has 0 fully saturated rings. The predicted octanol–water partition coefficient (Wildman–Crippen LogP) is 2.97. The molecule has 0 aliphatic heterocycles. The molecule has 2 aromatic rings. The third kappa shape index (κ3) is 2.74. The molecule has 1 aliphatic rings. The molecule has 0 bridgehead atoms. The molecule has 0 radical (unpaired) electrons. The first-order chi connectivity index (χ1) is 11.5. The lowest BCUT2D eigenvalue weighted by Gasteiger charge is -2.05. The number of non-ortho nitro benzene ring substituents is 1. The number of nitro groups is 2. The highest BCUT2D eigenvalue weighted by Crippen LogP contribution is 2.32. The summed E-state index contributed by atoms with van der Waals surface area (Å²) in [7, 11) is 0. The second-order valence-electron chi connectivity index (χ2n) is 5.19. The summed E-state index contributed by atoms with van der Waals surface area (Å²) >= 11 is 0. The normalized spacial score (nSPS) is 14.4. The zero-order valence-electron chi connectivity index (χ0n) is 12.3. The van der Waals surface area contributed by atoms with E-state index in [2.05, 4.69) is 10.5 Å². The summed E-state index contributed by atoms with van der Waals surface area (Å²) < 4.78 is 0. The highest BCUT2D eigenvalue weighted by molar-refractivity contribution is 6.05. The summed E-state index contributed by atoms with van der Waals surface area (Å²) in [6.07, 6.45) is 1.21. The molecule has 2 N–H and O–H groups in total. The van der Waals surface area contributed by atoms with E-state index in [1.165, 1.54) is 12.1 Å². The molecule has 0 heterocycles. The van der Waals surface area contributed by atoms with Gasteiger partial charge in [0.15, 0.2) is 0 Å². The molecule has 0 amide bonds. The van der Waals surface area contributed by atoms with E-state index >= 15 is 0 Å². The molecule has 24 heavy (non-hydrogen) atoms. The third-order valence-corrected chi connectivity index (χ3v) is 3.77. The van der Waals surface area contributed by atoms with Gasteiger partial charge < -0.3 is 5.11 Å². The maximum Gasteiger partial charge on any atom is 0.301 e. The van der Waals surface area contributed by atoms with Crippen LogP contribution in [-0.2, 0) is 6.42 Å². The monoisotopic (exact) mass is 328 g/mol.